The van der Waals surface area contributed by atoms with E-state index in [1.165, 1.54) is 49.6 Å². The van der Waals surface area contributed by atoms with Gasteiger partial charge < -0.3 is 4.74 Å². The van der Waals surface area contributed by atoms with Gasteiger partial charge in [0.05, 0.1) is 30.2 Å². The Morgan fingerprint density at radius 2 is 1.62 bits per heavy atom. The maximum atomic E-state index is 12.2. The van der Waals surface area contributed by atoms with Crippen LogP contribution in [-0.2, 0) is 19.4 Å². The molecule has 2 aromatic heterocycles. The third-order valence-corrected chi connectivity index (χ3v) is 8.28. The Morgan fingerprint density at radius 1 is 1.03 bits per heavy atom. The number of hydrogen-bond acceptors (Lipinski definition) is 6. The molecule has 2 heterocycles. The van der Waals surface area contributed by atoms with Crippen LogP contribution in [0.5, 0.6) is 0 Å². The number of sulfone groups is 1. The van der Waals surface area contributed by atoms with E-state index in [1.54, 1.807) is 0 Å². The number of aromatic amines is 1. The lowest BCUT2D eigenvalue weighted by atomic mass is 10.1. The highest BCUT2D eigenvalue weighted by Gasteiger charge is 2.20. The Labute approximate surface area is 209 Å². The summed E-state index contributed by atoms with van der Waals surface area (Å²) in [7, 11) is -3.10. The largest absolute Gasteiger partial charge is 0.466 e. The third kappa shape index (κ3) is 9.94. The van der Waals surface area contributed by atoms with E-state index in [0.717, 1.165) is 18.5 Å². The molecule has 0 bridgehead atoms. The van der Waals surface area contributed by atoms with Crippen molar-refractivity contribution >= 4 is 33.1 Å². The minimum Gasteiger partial charge on any atom is -0.466 e. The van der Waals surface area contributed by atoms with Gasteiger partial charge in [0.2, 0.25) is 0 Å². The van der Waals surface area contributed by atoms with E-state index in [2.05, 4.69) is 22.1 Å². The normalized spacial score (nSPS) is 12.9. The fourth-order valence-electron chi connectivity index (χ4n) is 3.91. The van der Waals surface area contributed by atoms with Crippen LogP contribution in [0.2, 0.25) is 5.02 Å². The highest BCUT2D eigenvalue weighted by molar-refractivity contribution is 7.91. The fraction of sp³-hybridized carbons (Fsp3) is 0.792. The molecule has 2 rings (SSSR count). The molecule has 0 fully saturated rings. The lowest BCUT2D eigenvalue weighted by Crippen LogP contribution is -2.15. The molecule has 0 aliphatic rings. The second-order valence-electron chi connectivity index (χ2n) is 9.27. The molecule has 0 saturated heterocycles. The van der Waals surface area contributed by atoms with Gasteiger partial charge in [0.1, 0.15) is 14.9 Å². The second-order valence-corrected chi connectivity index (χ2v) is 12.0. The van der Waals surface area contributed by atoms with Crippen LogP contribution in [0, 0.1) is 6.92 Å². The van der Waals surface area contributed by atoms with Gasteiger partial charge in [-0.15, -0.1) is 5.10 Å². The van der Waals surface area contributed by atoms with Gasteiger partial charge in [-0.2, -0.15) is 4.63 Å². The van der Waals surface area contributed by atoms with Gasteiger partial charge in [0.25, 0.3) is 0 Å². The quantitative estimate of drug-likeness (QED) is 0.199. The molecule has 194 valence electrons. The summed E-state index contributed by atoms with van der Waals surface area (Å²) in [5.74, 6) is 0.149. The summed E-state index contributed by atoms with van der Waals surface area (Å²) in [6.07, 6.45) is 12.2. The van der Waals surface area contributed by atoms with Crippen molar-refractivity contribution in [2.75, 3.05) is 18.1 Å². The molecule has 0 aromatic carbocycles. The number of aryl methyl sites for hydroxylation is 1. The molecule has 0 amide bonds. The average Bonchev–Trinajstić information content (AvgIpc) is 3.31. The van der Waals surface area contributed by atoms with Gasteiger partial charge in [-0.05, 0) is 19.8 Å². The Balaban J connectivity index is 1.54. The number of carbonyl (C=O) groups excluding carboxylic acids is 1. The van der Waals surface area contributed by atoms with Crippen molar-refractivity contribution < 1.29 is 17.9 Å². The van der Waals surface area contributed by atoms with Crippen LogP contribution in [0.4, 0.5) is 0 Å². The smallest absolute Gasteiger partial charge is 0.306 e. The molecule has 8 nitrogen and oxygen atoms in total. The van der Waals surface area contributed by atoms with Crippen molar-refractivity contribution in [1.29, 1.82) is 0 Å². The summed E-state index contributed by atoms with van der Waals surface area (Å²) in [4.78, 5) is 16.5. The number of hydrogen-bond donors (Lipinski definition) is 1. The van der Waals surface area contributed by atoms with E-state index < -0.39 is 9.84 Å². The van der Waals surface area contributed by atoms with Crippen molar-refractivity contribution in [3.63, 3.8) is 0 Å². The number of unbranched alkanes of at least 4 members (excludes halogenated alkanes) is 9. The molecular formula is C24H41ClN4O4S. The molecule has 34 heavy (non-hydrogen) atoms. The zero-order valence-corrected chi connectivity index (χ0v) is 22.5. The number of aromatic nitrogens is 4. The second kappa shape index (κ2) is 14.7. The molecular weight excluding hydrogens is 476 g/mol. The number of fused-ring (bicyclic) bond motifs is 1. The van der Waals surface area contributed by atoms with E-state index in [4.69, 9.17) is 16.3 Å². The van der Waals surface area contributed by atoms with Crippen LogP contribution in [0.1, 0.15) is 108 Å². The molecule has 1 atom stereocenters. The molecule has 10 heteroatoms. The predicted octanol–water partition coefficient (Wildman–Crippen LogP) is 5.78. The number of rotatable bonds is 18. The number of nitrogens with one attached hydrogen (secondary N) is 1. The zero-order valence-electron chi connectivity index (χ0n) is 20.9. The van der Waals surface area contributed by atoms with E-state index in [-0.39, 0.29) is 36.4 Å². The summed E-state index contributed by atoms with van der Waals surface area (Å²) in [5, 5.41) is 7.81. The third-order valence-electron chi connectivity index (χ3n) is 6.01. The van der Waals surface area contributed by atoms with E-state index in [0.29, 0.717) is 29.3 Å². The van der Waals surface area contributed by atoms with Gasteiger partial charge in [-0.1, -0.05) is 83.2 Å². The topological polar surface area (TPSA) is 106 Å². The highest BCUT2D eigenvalue weighted by Crippen LogP contribution is 2.23. The summed E-state index contributed by atoms with van der Waals surface area (Å²) >= 11 is 6.17. The molecule has 0 aliphatic heterocycles. The number of carbonyl (C=O) groups is 1. The number of halogens is 1. The molecule has 0 spiro atoms. The van der Waals surface area contributed by atoms with Crippen molar-refractivity contribution in [3.05, 3.63) is 16.5 Å². The van der Waals surface area contributed by atoms with Gasteiger partial charge in [-0.25, -0.2) is 13.4 Å². The highest BCUT2D eigenvalue weighted by atomic mass is 35.5. The molecule has 0 radical (unpaired) electrons. The van der Waals surface area contributed by atoms with Crippen molar-refractivity contribution in [2.45, 2.75) is 104 Å². The van der Waals surface area contributed by atoms with E-state index in [9.17, 15) is 13.2 Å². The maximum Gasteiger partial charge on any atom is 0.306 e. The zero-order chi connectivity index (χ0) is 25.0. The average molecular weight is 517 g/mol. The standard InChI is InChI=1S/C24H41ClN4O4S/c1-4-5-6-7-8-9-10-11-12-13-16-34(31,32)17-14-15-33-21(30)18-19(2)23-26-24-22(25)20(3)27-29(24)28-23/h19,27H,4-18H2,1-3H3. The number of esters is 1. The SMILES string of the molecule is CCCCCCCCCCCCS(=O)(=O)CCCOC(=O)CC(C)c1nc2c(Cl)c(C)[nH]n2n1. The number of H-pyrrole nitrogens is 1. The minimum absolute atomic E-state index is 0.0540. The van der Waals surface area contributed by atoms with Crippen molar-refractivity contribution in [3.8, 4) is 0 Å². The predicted molar refractivity (Wildman–Crippen MR) is 136 cm³/mol. The molecule has 2 aromatic rings. The monoisotopic (exact) mass is 516 g/mol. The van der Waals surface area contributed by atoms with Gasteiger partial charge in [0.15, 0.2) is 11.5 Å². The van der Waals surface area contributed by atoms with E-state index in [1.807, 2.05) is 13.8 Å². The summed E-state index contributed by atoms with van der Waals surface area (Å²) in [5.41, 5.74) is 1.31. The van der Waals surface area contributed by atoms with Crippen LogP contribution in [-0.4, -0.2) is 52.3 Å². The number of nitrogens with zero attached hydrogens (tertiary/aromatic N) is 3. The van der Waals surface area contributed by atoms with Crippen LogP contribution in [0.25, 0.3) is 5.65 Å². The Kier molecular flexibility index (Phi) is 12.4. The molecule has 0 aliphatic carbocycles. The first-order valence-corrected chi connectivity index (χ1v) is 14.9. The fourth-order valence-corrected chi connectivity index (χ4v) is 5.48. The maximum absolute atomic E-state index is 12.2. The van der Waals surface area contributed by atoms with Crippen LogP contribution in [0.15, 0.2) is 0 Å². The minimum atomic E-state index is -3.10. The molecule has 1 unspecified atom stereocenters. The van der Waals surface area contributed by atoms with Crippen LogP contribution >= 0.6 is 11.6 Å². The van der Waals surface area contributed by atoms with Crippen LogP contribution in [0.3, 0.4) is 0 Å². The summed E-state index contributed by atoms with van der Waals surface area (Å²) in [6.45, 7) is 6.00. The van der Waals surface area contributed by atoms with Crippen molar-refractivity contribution in [1.82, 2.24) is 19.8 Å². The van der Waals surface area contributed by atoms with Gasteiger partial charge in [0, 0.05) is 5.92 Å². The first-order chi connectivity index (χ1) is 16.2. The molecule has 1 N–H and O–H groups in total. The summed E-state index contributed by atoms with van der Waals surface area (Å²) < 4.78 is 31.2. The lowest BCUT2D eigenvalue weighted by Gasteiger charge is -2.09. The Morgan fingerprint density at radius 3 is 2.24 bits per heavy atom. The Bertz CT molecular complexity index is 987. The summed E-state index contributed by atoms with van der Waals surface area (Å²) in [6, 6.07) is 0. The van der Waals surface area contributed by atoms with Gasteiger partial charge >= 0.3 is 5.97 Å². The Hall–Kier alpha value is -1.61. The van der Waals surface area contributed by atoms with E-state index >= 15 is 0 Å². The first-order valence-electron chi connectivity index (χ1n) is 12.7. The number of ether oxygens (including phenoxy) is 1. The lowest BCUT2D eigenvalue weighted by molar-refractivity contribution is -0.144. The van der Waals surface area contributed by atoms with Gasteiger partial charge in [-0.3, -0.25) is 9.89 Å². The molecule has 0 saturated carbocycles. The first kappa shape index (κ1) is 28.6. The van der Waals surface area contributed by atoms with Crippen molar-refractivity contribution in [2.24, 2.45) is 0 Å². The van der Waals surface area contributed by atoms with Crippen LogP contribution < -0.4 is 0 Å².